The van der Waals surface area contributed by atoms with Gasteiger partial charge < -0.3 is 16.0 Å². The summed E-state index contributed by atoms with van der Waals surface area (Å²) >= 11 is 0. The van der Waals surface area contributed by atoms with Gasteiger partial charge >= 0.3 is 6.03 Å². The molecule has 8 heteroatoms. The van der Waals surface area contributed by atoms with E-state index in [0.29, 0.717) is 11.3 Å². The van der Waals surface area contributed by atoms with Gasteiger partial charge in [0, 0.05) is 5.69 Å². The van der Waals surface area contributed by atoms with E-state index in [1.165, 1.54) is 0 Å². The predicted octanol–water partition coefficient (Wildman–Crippen LogP) is 2.98. The van der Waals surface area contributed by atoms with Crippen LogP contribution in [0.25, 0.3) is 10.8 Å². The third-order valence-electron chi connectivity index (χ3n) is 6.10. The molecule has 4 rings (SSSR count). The number of para-hydroxylation sites is 1. The van der Waals surface area contributed by atoms with Crippen LogP contribution in [0.4, 0.5) is 10.5 Å². The first kappa shape index (κ1) is 23.0. The van der Waals surface area contributed by atoms with Gasteiger partial charge in [-0.25, -0.2) is 4.79 Å². The highest BCUT2D eigenvalue weighted by Gasteiger charge is 2.50. The number of amides is 5. The fourth-order valence-electron chi connectivity index (χ4n) is 4.26. The molecular formula is C26H26N4O4. The normalized spacial score (nSPS) is 17.6. The van der Waals surface area contributed by atoms with Crippen molar-refractivity contribution in [2.75, 3.05) is 18.4 Å². The van der Waals surface area contributed by atoms with Crippen molar-refractivity contribution in [2.24, 2.45) is 0 Å². The molecule has 174 valence electrons. The highest BCUT2D eigenvalue weighted by Crippen LogP contribution is 2.33. The second-order valence-corrected chi connectivity index (χ2v) is 8.56. The average molecular weight is 459 g/mol. The van der Waals surface area contributed by atoms with E-state index in [4.69, 9.17) is 0 Å². The van der Waals surface area contributed by atoms with Crippen LogP contribution in [0.5, 0.6) is 0 Å². The number of rotatable bonds is 6. The second-order valence-electron chi connectivity index (χ2n) is 8.56. The summed E-state index contributed by atoms with van der Waals surface area (Å²) in [5.41, 5.74) is 1.86. The van der Waals surface area contributed by atoms with E-state index in [-0.39, 0.29) is 6.54 Å². The Morgan fingerprint density at radius 1 is 0.912 bits per heavy atom. The Morgan fingerprint density at radius 2 is 1.56 bits per heavy atom. The van der Waals surface area contributed by atoms with Crippen LogP contribution in [0.1, 0.15) is 23.6 Å². The number of urea groups is 1. The Kier molecular flexibility index (Phi) is 6.06. The van der Waals surface area contributed by atoms with E-state index in [2.05, 4.69) is 16.0 Å². The van der Waals surface area contributed by atoms with Crippen molar-refractivity contribution in [1.29, 1.82) is 0 Å². The molecule has 0 saturated carbocycles. The smallest absolute Gasteiger partial charge is 0.325 e. The van der Waals surface area contributed by atoms with Crippen LogP contribution in [0.3, 0.4) is 0 Å². The van der Waals surface area contributed by atoms with E-state index in [0.717, 1.165) is 26.8 Å². The molecule has 8 nitrogen and oxygen atoms in total. The minimum absolute atomic E-state index is 0.281. The maximum Gasteiger partial charge on any atom is 0.325 e. The van der Waals surface area contributed by atoms with E-state index in [9.17, 15) is 19.2 Å². The molecule has 1 aliphatic heterocycles. The number of benzene rings is 3. The maximum atomic E-state index is 13.3. The number of nitrogens with one attached hydrogen (secondary N) is 3. The van der Waals surface area contributed by atoms with E-state index >= 15 is 0 Å². The van der Waals surface area contributed by atoms with Gasteiger partial charge in [0.15, 0.2) is 0 Å². The summed E-state index contributed by atoms with van der Waals surface area (Å²) in [5, 5.41) is 9.78. The van der Waals surface area contributed by atoms with E-state index in [1.54, 1.807) is 13.0 Å². The fraction of sp³-hybridized carbons (Fsp3) is 0.231. The molecule has 0 spiro atoms. The minimum Gasteiger partial charge on any atom is -0.345 e. The van der Waals surface area contributed by atoms with Crippen molar-refractivity contribution in [3.63, 3.8) is 0 Å². The van der Waals surface area contributed by atoms with Gasteiger partial charge in [-0.15, -0.1) is 0 Å². The molecule has 5 amide bonds. The zero-order valence-corrected chi connectivity index (χ0v) is 19.3. The summed E-state index contributed by atoms with van der Waals surface area (Å²) in [5.74, 6) is -1.53. The number of hydrogen-bond acceptors (Lipinski definition) is 4. The molecule has 0 bridgehead atoms. The van der Waals surface area contributed by atoms with Crippen molar-refractivity contribution in [3.8, 4) is 0 Å². The summed E-state index contributed by atoms with van der Waals surface area (Å²) in [6.45, 7) is 4.63. The van der Waals surface area contributed by atoms with Crippen LogP contribution in [0.15, 0.2) is 60.7 Å². The van der Waals surface area contributed by atoms with E-state index in [1.807, 2.05) is 68.4 Å². The molecule has 3 aromatic rings. The first-order valence-electron chi connectivity index (χ1n) is 11.0. The monoisotopic (exact) mass is 458 g/mol. The zero-order chi connectivity index (χ0) is 24.5. The van der Waals surface area contributed by atoms with Gasteiger partial charge in [0.2, 0.25) is 11.8 Å². The number of carbonyl (C=O) groups excluding carboxylic acids is 4. The topological polar surface area (TPSA) is 108 Å². The molecule has 1 fully saturated rings. The lowest BCUT2D eigenvalue weighted by Crippen LogP contribution is -2.44. The van der Waals surface area contributed by atoms with E-state index < -0.39 is 35.8 Å². The van der Waals surface area contributed by atoms with Crippen molar-refractivity contribution >= 4 is 40.2 Å². The van der Waals surface area contributed by atoms with Gasteiger partial charge in [0.25, 0.3) is 5.91 Å². The molecule has 1 saturated heterocycles. The quantitative estimate of drug-likeness (QED) is 0.494. The molecule has 1 heterocycles. The summed E-state index contributed by atoms with van der Waals surface area (Å²) in [4.78, 5) is 51.6. The van der Waals surface area contributed by atoms with Crippen molar-refractivity contribution in [3.05, 3.63) is 77.4 Å². The Labute approximate surface area is 197 Å². The van der Waals surface area contributed by atoms with Crippen LogP contribution in [-0.2, 0) is 19.9 Å². The number of aryl methyl sites for hydroxylation is 2. The number of nitrogens with zero attached hydrogens (tertiary/aromatic N) is 1. The van der Waals surface area contributed by atoms with Crippen LogP contribution < -0.4 is 16.0 Å². The molecule has 34 heavy (non-hydrogen) atoms. The molecule has 0 aromatic heterocycles. The summed E-state index contributed by atoms with van der Waals surface area (Å²) < 4.78 is 0. The summed E-state index contributed by atoms with van der Waals surface area (Å²) in [7, 11) is 0. The van der Waals surface area contributed by atoms with Crippen LogP contribution in [0, 0.1) is 13.8 Å². The van der Waals surface area contributed by atoms with Crippen molar-refractivity contribution in [2.45, 2.75) is 26.3 Å². The lowest BCUT2D eigenvalue weighted by molar-refractivity contribution is -0.134. The lowest BCUT2D eigenvalue weighted by atomic mass is 9.88. The molecule has 3 aromatic carbocycles. The summed E-state index contributed by atoms with van der Waals surface area (Å²) in [6, 6.07) is 18.1. The number of carbonyl (C=O) groups is 4. The zero-order valence-electron chi connectivity index (χ0n) is 19.3. The Bertz CT molecular complexity index is 1290. The Morgan fingerprint density at radius 3 is 2.29 bits per heavy atom. The van der Waals surface area contributed by atoms with Crippen molar-refractivity contribution in [1.82, 2.24) is 15.5 Å². The fourth-order valence-corrected chi connectivity index (χ4v) is 4.26. The highest BCUT2D eigenvalue weighted by molar-refractivity contribution is 6.11. The number of anilines is 1. The minimum atomic E-state index is -1.31. The molecule has 1 aliphatic rings. The Hall–Kier alpha value is -4.20. The molecule has 1 unspecified atom stereocenters. The van der Waals surface area contributed by atoms with Gasteiger partial charge in [-0.3, -0.25) is 19.3 Å². The molecule has 3 N–H and O–H groups in total. The molecule has 0 aliphatic carbocycles. The van der Waals surface area contributed by atoms with Crippen LogP contribution >= 0.6 is 0 Å². The average Bonchev–Trinajstić information content (AvgIpc) is 3.03. The number of hydrogen-bond donors (Lipinski definition) is 3. The van der Waals surface area contributed by atoms with Gasteiger partial charge in [-0.05, 0) is 48.2 Å². The SMILES string of the molecule is Cc1cccc(C)c1NC(=O)CNC(=O)CN1C(=O)NC(C)(c2cccc3ccccc23)C1=O. The third kappa shape index (κ3) is 4.22. The number of imide groups is 1. The van der Waals surface area contributed by atoms with Crippen LogP contribution in [-0.4, -0.2) is 41.7 Å². The lowest BCUT2D eigenvalue weighted by Gasteiger charge is -2.24. The summed E-state index contributed by atoms with van der Waals surface area (Å²) in [6.07, 6.45) is 0. The van der Waals surface area contributed by atoms with Gasteiger partial charge in [0.1, 0.15) is 12.1 Å². The first-order valence-corrected chi connectivity index (χ1v) is 11.0. The van der Waals surface area contributed by atoms with Crippen molar-refractivity contribution < 1.29 is 19.2 Å². The van der Waals surface area contributed by atoms with Crippen LogP contribution in [0.2, 0.25) is 0 Å². The molecular weight excluding hydrogens is 432 g/mol. The molecule has 1 atom stereocenters. The predicted molar refractivity (Wildman–Crippen MR) is 129 cm³/mol. The third-order valence-corrected chi connectivity index (χ3v) is 6.10. The van der Waals surface area contributed by atoms with Gasteiger partial charge in [-0.1, -0.05) is 60.7 Å². The standard InChI is InChI=1S/C26H26N4O4/c1-16-8-6-9-17(2)23(16)28-21(31)14-27-22(32)15-30-24(33)26(3,29-25(30)34)20-13-7-11-18-10-4-5-12-19(18)20/h4-13H,14-15H2,1-3H3,(H,27,32)(H,28,31)(H,29,34). The highest BCUT2D eigenvalue weighted by atomic mass is 16.2. The van der Waals surface area contributed by atoms with Gasteiger partial charge in [0.05, 0.1) is 6.54 Å². The maximum absolute atomic E-state index is 13.3. The first-order chi connectivity index (χ1) is 16.2. The second kappa shape index (κ2) is 8.97. The van der Waals surface area contributed by atoms with Gasteiger partial charge in [-0.2, -0.15) is 0 Å². The largest absolute Gasteiger partial charge is 0.345 e. The molecule has 0 radical (unpaired) electrons. The number of fused-ring (bicyclic) bond motifs is 1. The Balaban J connectivity index is 1.42.